The van der Waals surface area contributed by atoms with Crippen LogP contribution in [-0.4, -0.2) is 23.0 Å². The molecule has 0 N–H and O–H groups in total. The number of hydrogen-bond acceptors (Lipinski definition) is 3. The van der Waals surface area contributed by atoms with E-state index < -0.39 is 0 Å². The molecule has 3 heteroatoms. The van der Waals surface area contributed by atoms with Gasteiger partial charge in [-0.1, -0.05) is 91.0 Å². The number of ketones is 2. The molecule has 0 bridgehead atoms. The largest absolute Gasteiger partial charge is 0.340 e. The van der Waals surface area contributed by atoms with Gasteiger partial charge in [0, 0.05) is 29.1 Å². The van der Waals surface area contributed by atoms with E-state index in [0.29, 0.717) is 16.8 Å². The van der Waals surface area contributed by atoms with Crippen molar-refractivity contribution >= 4 is 17.1 Å². The van der Waals surface area contributed by atoms with Gasteiger partial charge in [-0.2, -0.15) is 0 Å². The molecule has 0 saturated heterocycles. The molecular formula is C28H23NO2. The Bertz CT molecular complexity index is 1170. The molecule has 152 valence electrons. The number of carbonyl (C=O) groups is 2. The molecule has 0 atom stereocenters. The molecule has 0 aromatic heterocycles. The van der Waals surface area contributed by atoms with Gasteiger partial charge < -0.3 is 4.90 Å². The first-order valence-corrected chi connectivity index (χ1v) is 10.2. The Hall–Kier alpha value is -3.98. The zero-order valence-electron chi connectivity index (χ0n) is 17.4. The quantitative estimate of drug-likeness (QED) is 0.376. The predicted molar refractivity (Wildman–Crippen MR) is 125 cm³/mol. The maximum absolute atomic E-state index is 12.9. The van der Waals surface area contributed by atoms with Gasteiger partial charge in [-0.15, -0.1) is 0 Å². The van der Waals surface area contributed by atoms with Crippen molar-refractivity contribution in [2.75, 3.05) is 6.54 Å². The van der Waals surface area contributed by atoms with Crippen molar-refractivity contribution in [3.05, 3.63) is 137 Å². The molecule has 1 heterocycles. The maximum atomic E-state index is 12.9. The minimum atomic E-state index is -0.0932. The lowest BCUT2D eigenvalue weighted by atomic mass is 9.95. The molecule has 1 aliphatic heterocycles. The molecule has 3 aromatic carbocycles. The van der Waals surface area contributed by atoms with Crippen molar-refractivity contribution in [3.63, 3.8) is 0 Å². The Morgan fingerprint density at radius 1 is 0.774 bits per heavy atom. The van der Waals surface area contributed by atoms with Crippen molar-refractivity contribution in [1.82, 2.24) is 4.90 Å². The number of benzene rings is 3. The van der Waals surface area contributed by atoms with Crippen molar-refractivity contribution in [3.8, 4) is 0 Å². The van der Waals surface area contributed by atoms with Crippen LogP contribution < -0.4 is 0 Å². The molecule has 4 rings (SSSR count). The average Bonchev–Trinajstić information content (AvgIpc) is 2.82. The molecule has 3 aromatic rings. The van der Waals surface area contributed by atoms with Crippen LogP contribution in [0.3, 0.4) is 0 Å². The molecule has 0 amide bonds. The van der Waals surface area contributed by atoms with Gasteiger partial charge in [0.25, 0.3) is 0 Å². The first-order chi connectivity index (χ1) is 15.1. The van der Waals surface area contributed by atoms with E-state index >= 15 is 0 Å². The third kappa shape index (κ3) is 4.78. The molecule has 0 saturated carbocycles. The molecule has 0 aliphatic carbocycles. The molecule has 0 unspecified atom stereocenters. The van der Waals surface area contributed by atoms with Crippen LogP contribution >= 0.6 is 0 Å². The number of allylic oxidation sites excluding steroid dienone is 4. The highest BCUT2D eigenvalue weighted by Gasteiger charge is 2.20. The van der Waals surface area contributed by atoms with E-state index in [2.05, 4.69) is 0 Å². The number of nitrogens with zero attached hydrogens (tertiary/aromatic N) is 1. The Morgan fingerprint density at radius 3 is 1.94 bits per heavy atom. The zero-order chi connectivity index (χ0) is 21.6. The van der Waals surface area contributed by atoms with Crippen LogP contribution in [0.5, 0.6) is 0 Å². The topological polar surface area (TPSA) is 37.4 Å². The lowest BCUT2D eigenvalue weighted by Crippen LogP contribution is -2.27. The third-order valence-electron chi connectivity index (χ3n) is 5.23. The highest BCUT2D eigenvalue weighted by atomic mass is 16.1. The molecule has 31 heavy (non-hydrogen) atoms. The highest BCUT2D eigenvalue weighted by Crippen LogP contribution is 2.31. The first-order valence-electron chi connectivity index (χ1n) is 10.2. The number of hydrogen-bond donors (Lipinski definition) is 0. The second-order valence-corrected chi connectivity index (χ2v) is 7.45. The van der Waals surface area contributed by atoms with Crippen LogP contribution in [0, 0.1) is 0 Å². The van der Waals surface area contributed by atoms with E-state index in [1.807, 2.05) is 103 Å². The van der Waals surface area contributed by atoms with E-state index in [0.717, 1.165) is 16.7 Å². The lowest BCUT2D eigenvalue weighted by molar-refractivity contribution is 0.0963. The minimum absolute atomic E-state index is 0.000675. The summed E-state index contributed by atoms with van der Waals surface area (Å²) in [5, 5.41) is 0. The van der Waals surface area contributed by atoms with Crippen LogP contribution in [0.25, 0.3) is 5.57 Å². The Kier molecular flexibility index (Phi) is 6.04. The summed E-state index contributed by atoms with van der Waals surface area (Å²) in [6.45, 7) is 2.18. The van der Waals surface area contributed by atoms with Crippen LogP contribution in [0.2, 0.25) is 0 Å². The summed E-state index contributed by atoms with van der Waals surface area (Å²) in [6, 6.07) is 28.4. The van der Waals surface area contributed by atoms with Crippen molar-refractivity contribution in [2.24, 2.45) is 0 Å². The number of Topliss-reactive ketones (excluding diaryl/α,β-unsaturated/α-hetero) is 1. The van der Waals surface area contributed by atoms with Crippen molar-refractivity contribution in [1.29, 1.82) is 0 Å². The maximum Gasteiger partial charge on any atom is 0.187 e. The van der Waals surface area contributed by atoms with Gasteiger partial charge in [0.05, 0.1) is 6.54 Å². The fourth-order valence-electron chi connectivity index (χ4n) is 3.60. The van der Waals surface area contributed by atoms with Gasteiger partial charge in [0.15, 0.2) is 11.6 Å². The second kappa shape index (κ2) is 9.23. The summed E-state index contributed by atoms with van der Waals surface area (Å²) in [5.74, 6) is -0.0938. The van der Waals surface area contributed by atoms with E-state index in [9.17, 15) is 9.59 Å². The number of carbonyl (C=O) groups excluding carboxylic acids is 2. The molecular weight excluding hydrogens is 382 g/mol. The molecule has 0 fully saturated rings. The summed E-state index contributed by atoms with van der Waals surface area (Å²) in [5.41, 5.74) is 5.11. The van der Waals surface area contributed by atoms with E-state index in [-0.39, 0.29) is 18.1 Å². The van der Waals surface area contributed by atoms with Gasteiger partial charge in [-0.05, 0) is 29.7 Å². The summed E-state index contributed by atoms with van der Waals surface area (Å²) >= 11 is 0. The zero-order valence-corrected chi connectivity index (χ0v) is 17.4. The Morgan fingerprint density at radius 2 is 1.32 bits per heavy atom. The van der Waals surface area contributed by atoms with E-state index in [1.54, 1.807) is 18.2 Å². The SMILES string of the molecule is CC1=CN(CC(=O)c2ccccc2)C(=CC(=O)c2ccccc2)C=C1c1ccccc1. The predicted octanol–water partition coefficient (Wildman–Crippen LogP) is 5.94. The number of rotatable bonds is 6. The summed E-state index contributed by atoms with van der Waals surface area (Å²) < 4.78 is 0. The Balaban J connectivity index is 1.71. The van der Waals surface area contributed by atoms with Crippen LogP contribution in [0.15, 0.2) is 121 Å². The van der Waals surface area contributed by atoms with E-state index in [1.165, 1.54) is 0 Å². The highest BCUT2D eigenvalue weighted by molar-refractivity contribution is 6.05. The fraction of sp³-hybridized carbons (Fsp3) is 0.0714. The monoisotopic (exact) mass is 405 g/mol. The van der Waals surface area contributed by atoms with Gasteiger partial charge in [-0.25, -0.2) is 0 Å². The average molecular weight is 405 g/mol. The van der Waals surface area contributed by atoms with Crippen LogP contribution in [-0.2, 0) is 0 Å². The summed E-state index contributed by atoms with van der Waals surface area (Å²) in [7, 11) is 0. The van der Waals surface area contributed by atoms with Gasteiger partial charge >= 0.3 is 0 Å². The smallest absolute Gasteiger partial charge is 0.187 e. The van der Waals surface area contributed by atoms with Gasteiger partial charge in [0.2, 0.25) is 0 Å². The summed E-state index contributed by atoms with van der Waals surface area (Å²) in [6.07, 6.45) is 5.55. The third-order valence-corrected chi connectivity index (χ3v) is 5.23. The Labute approximate surface area is 182 Å². The first kappa shape index (κ1) is 20.3. The van der Waals surface area contributed by atoms with Crippen molar-refractivity contribution in [2.45, 2.75) is 6.92 Å². The second-order valence-electron chi connectivity index (χ2n) is 7.45. The molecule has 0 radical (unpaired) electrons. The summed E-state index contributed by atoms with van der Waals surface area (Å²) in [4.78, 5) is 27.6. The minimum Gasteiger partial charge on any atom is -0.340 e. The molecule has 0 spiro atoms. The van der Waals surface area contributed by atoms with Crippen LogP contribution in [0.4, 0.5) is 0 Å². The molecule has 3 nitrogen and oxygen atoms in total. The van der Waals surface area contributed by atoms with Crippen molar-refractivity contribution < 1.29 is 9.59 Å². The lowest BCUT2D eigenvalue weighted by Gasteiger charge is -2.28. The van der Waals surface area contributed by atoms with Crippen LogP contribution in [0.1, 0.15) is 33.2 Å². The van der Waals surface area contributed by atoms with Gasteiger partial charge in [0.1, 0.15) is 0 Å². The standard InChI is InChI=1S/C28H23NO2/c1-21-19-29(20-28(31)24-15-9-4-10-16-24)25(17-26(21)22-11-5-2-6-12-22)18-27(30)23-13-7-3-8-14-23/h2-19H,20H2,1H3. The van der Waals surface area contributed by atoms with Gasteiger partial charge in [-0.3, -0.25) is 9.59 Å². The fourth-order valence-corrected chi connectivity index (χ4v) is 3.60. The normalized spacial score (nSPS) is 14.7. The molecule has 1 aliphatic rings. The van der Waals surface area contributed by atoms with E-state index in [4.69, 9.17) is 0 Å².